The van der Waals surface area contributed by atoms with E-state index in [4.69, 9.17) is 9.56 Å². The topological polar surface area (TPSA) is 85.3 Å². The van der Waals surface area contributed by atoms with Crippen molar-refractivity contribution in [3.05, 3.63) is 17.9 Å². The zero-order valence-electron chi connectivity index (χ0n) is 9.56. The Labute approximate surface area is 96.1 Å². The maximum atomic E-state index is 11.0. The highest BCUT2D eigenvalue weighted by atomic mass is 32.2. The van der Waals surface area contributed by atoms with Gasteiger partial charge < -0.3 is 9.73 Å². The van der Waals surface area contributed by atoms with Gasteiger partial charge in [-0.2, -0.15) is 0 Å². The number of nitrogens with one attached hydrogen (secondary N) is 1. The lowest BCUT2D eigenvalue weighted by Gasteiger charge is -2.12. The quantitative estimate of drug-likeness (QED) is 0.790. The molecule has 0 aromatic carbocycles. The van der Waals surface area contributed by atoms with Crippen molar-refractivity contribution in [1.29, 1.82) is 0 Å². The lowest BCUT2D eigenvalue weighted by atomic mass is 10.2. The third-order valence-corrected chi connectivity index (χ3v) is 3.25. The van der Waals surface area contributed by atoms with Crippen LogP contribution in [0.5, 0.6) is 0 Å². The predicted molar refractivity (Wildman–Crippen MR) is 61.3 cm³/mol. The minimum absolute atomic E-state index is 0.186. The van der Waals surface area contributed by atoms with Gasteiger partial charge in [-0.3, -0.25) is 0 Å². The fourth-order valence-electron chi connectivity index (χ4n) is 1.43. The molecule has 0 spiro atoms. The maximum absolute atomic E-state index is 11.0. The molecular formula is C10H18N2O3S. The zero-order valence-corrected chi connectivity index (χ0v) is 10.4. The molecule has 0 amide bonds. The van der Waals surface area contributed by atoms with Gasteiger partial charge in [0.25, 0.3) is 10.0 Å². The molecule has 3 N–H and O–H groups in total. The van der Waals surface area contributed by atoms with E-state index in [1.165, 1.54) is 6.07 Å². The SMILES string of the molecule is CCC(CC)NCc1ccc(S(N)(=O)=O)o1. The normalized spacial score (nSPS) is 12.2. The van der Waals surface area contributed by atoms with Crippen molar-refractivity contribution in [2.24, 2.45) is 5.14 Å². The first-order valence-corrected chi connectivity index (χ1v) is 6.86. The Hall–Kier alpha value is -0.850. The van der Waals surface area contributed by atoms with E-state index < -0.39 is 10.0 Å². The van der Waals surface area contributed by atoms with Crippen molar-refractivity contribution >= 4 is 10.0 Å². The van der Waals surface area contributed by atoms with Crippen LogP contribution in [0.1, 0.15) is 32.4 Å². The molecule has 0 saturated carbocycles. The second kappa shape index (κ2) is 5.47. The van der Waals surface area contributed by atoms with Gasteiger partial charge in [-0.25, -0.2) is 13.6 Å². The van der Waals surface area contributed by atoms with Crippen molar-refractivity contribution < 1.29 is 12.8 Å². The van der Waals surface area contributed by atoms with Crippen LogP contribution in [-0.4, -0.2) is 14.5 Å². The third-order valence-electron chi connectivity index (χ3n) is 2.47. The van der Waals surface area contributed by atoms with E-state index >= 15 is 0 Å². The lowest BCUT2D eigenvalue weighted by molar-refractivity contribution is 0.382. The van der Waals surface area contributed by atoms with Gasteiger partial charge in [-0.1, -0.05) is 13.8 Å². The molecule has 0 bridgehead atoms. The first-order chi connectivity index (χ1) is 7.47. The van der Waals surface area contributed by atoms with E-state index in [1.807, 2.05) is 0 Å². The van der Waals surface area contributed by atoms with Gasteiger partial charge in [0.15, 0.2) is 0 Å². The molecule has 1 rings (SSSR count). The Morgan fingerprint density at radius 2 is 2.00 bits per heavy atom. The van der Waals surface area contributed by atoms with Crippen LogP contribution in [0.25, 0.3) is 0 Å². The molecule has 5 nitrogen and oxygen atoms in total. The van der Waals surface area contributed by atoms with E-state index in [0.29, 0.717) is 18.3 Å². The van der Waals surface area contributed by atoms with Gasteiger partial charge >= 0.3 is 0 Å². The van der Waals surface area contributed by atoms with Crippen LogP contribution in [0.4, 0.5) is 0 Å². The van der Waals surface area contributed by atoms with E-state index in [1.54, 1.807) is 6.07 Å². The van der Waals surface area contributed by atoms with Crippen LogP contribution >= 0.6 is 0 Å². The Balaban J connectivity index is 2.60. The predicted octanol–water partition coefficient (Wildman–Crippen LogP) is 1.21. The highest BCUT2D eigenvalue weighted by Gasteiger charge is 2.13. The van der Waals surface area contributed by atoms with Crippen LogP contribution in [0.15, 0.2) is 21.6 Å². The molecule has 1 aromatic rings. The standard InChI is InChI=1S/C10H18N2O3S/c1-3-8(4-2)12-7-9-5-6-10(15-9)16(11,13)14/h5-6,8,12H,3-4,7H2,1-2H3,(H2,11,13,14). The zero-order chi connectivity index (χ0) is 12.2. The van der Waals surface area contributed by atoms with Crippen LogP contribution < -0.4 is 10.5 Å². The molecule has 16 heavy (non-hydrogen) atoms. The number of hydrogen-bond acceptors (Lipinski definition) is 4. The second-order valence-electron chi connectivity index (χ2n) is 3.66. The number of hydrogen-bond donors (Lipinski definition) is 2. The minimum Gasteiger partial charge on any atom is -0.447 e. The summed E-state index contributed by atoms with van der Waals surface area (Å²) in [6.07, 6.45) is 2.05. The largest absolute Gasteiger partial charge is 0.447 e. The summed E-state index contributed by atoms with van der Waals surface area (Å²) in [5.41, 5.74) is 0. The van der Waals surface area contributed by atoms with Crippen LogP contribution in [0, 0.1) is 0 Å². The summed E-state index contributed by atoms with van der Waals surface area (Å²) in [5, 5.41) is 8.02. The molecule has 92 valence electrons. The Morgan fingerprint density at radius 1 is 1.38 bits per heavy atom. The van der Waals surface area contributed by atoms with Gasteiger partial charge in [0.05, 0.1) is 6.54 Å². The molecule has 0 aliphatic carbocycles. The Kier molecular flexibility index (Phi) is 4.52. The van der Waals surface area contributed by atoms with Crippen molar-refractivity contribution in [3.63, 3.8) is 0 Å². The Bertz CT molecular complexity index is 421. The van der Waals surface area contributed by atoms with Crippen molar-refractivity contribution in [2.75, 3.05) is 0 Å². The van der Waals surface area contributed by atoms with Gasteiger partial charge in [0.2, 0.25) is 5.09 Å². The fraction of sp³-hybridized carbons (Fsp3) is 0.600. The smallest absolute Gasteiger partial charge is 0.271 e. The van der Waals surface area contributed by atoms with Gasteiger partial charge in [0, 0.05) is 6.04 Å². The third kappa shape index (κ3) is 3.62. The summed E-state index contributed by atoms with van der Waals surface area (Å²) in [6, 6.07) is 3.41. The molecule has 0 unspecified atom stereocenters. The summed E-state index contributed by atoms with van der Waals surface area (Å²) in [5.74, 6) is 0.580. The monoisotopic (exact) mass is 246 g/mol. The highest BCUT2D eigenvalue weighted by molar-refractivity contribution is 7.89. The minimum atomic E-state index is -3.73. The number of rotatable bonds is 6. The summed E-state index contributed by atoms with van der Waals surface area (Å²) >= 11 is 0. The van der Waals surface area contributed by atoms with Gasteiger partial charge in [0.1, 0.15) is 5.76 Å². The summed E-state index contributed by atoms with van der Waals surface area (Å²) in [7, 11) is -3.73. The van der Waals surface area contributed by atoms with E-state index in [0.717, 1.165) is 12.8 Å². The van der Waals surface area contributed by atoms with Gasteiger partial charge in [-0.15, -0.1) is 0 Å². The molecule has 0 aliphatic rings. The number of furan rings is 1. The maximum Gasteiger partial charge on any atom is 0.271 e. The molecule has 0 atom stereocenters. The molecular weight excluding hydrogens is 228 g/mol. The first kappa shape index (κ1) is 13.2. The lowest BCUT2D eigenvalue weighted by Crippen LogP contribution is -2.26. The van der Waals surface area contributed by atoms with Crippen LogP contribution in [0.2, 0.25) is 0 Å². The molecule has 0 radical (unpaired) electrons. The first-order valence-electron chi connectivity index (χ1n) is 5.32. The number of sulfonamides is 1. The van der Waals surface area contributed by atoms with E-state index in [9.17, 15) is 8.42 Å². The molecule has 6 heteroatoms. The highest BCUT2D eigenvalue weighted by Crippen LogP contribution is 2.12. The van der Waals surface area contributed by atoms with Crippen molar-refractivity contribution in [1.82, 2.24) is 5.32 Å². The molecule has 0 saturated heterocycles. The van der Waals surface area contributed by atoms with Crippen LogP contribution in [-0.2, 0) is 16.6 Å². The van der Waals surface area contributed by atoms with Crippen molar-refractivity contribution in [3.8, 4) is 0 Å². The number of primary sulfonamides is 1. The molecule has 1 aromatic heterocycles. The van der Waals surface area contributed by atoms with E-state index in [2.05, 4.69) is 19.2 Å². The molecule has 0 aliphatic heterocycles. The number of nitrogens with two attached hydrogens (primary N) is 1. The fourth-order valence-corrected chi connectivity index (χ4v) is 1.91. The second-order valence-corrected chi connectivity index (χ2v) is 5.15. The van der Waals surface area contributed by atoms with Crippen molar-refractivity contribution in [2.45, 2.75) is 44.4 Å². The average Bonchev–Trinajstić information content (AvgIpc) is 2.67. The summed E-state index contributed by atoms with van der Waals surface area (Å²) in [6.45, 7) is 4.71. The van der Waals surface area contributed by atoms with E-state index in [-0.39, 0.29) is 5.09 Å². The molecule has 0 fully saturated rings. The molecule has 1 heterocycles. The average molecular weight is 246 g/mol. The Morgan fingerprint density at radius 3 is 2.44 bits per heavy atom. The summed E-state index contributed by atoms with van der Waals surface area (Å²) < 4.78 is 27.0. The van der Waals surface area contributed by atoms with Gasteiger partial charge in [-0.05, 0) is 25.0 Å². The van der Waals surface area contributed by atoms with Crippen LogP contribution in [0.3, 0.4) is 0 Å². The summed E-state index contributed by atoms with van der Waals surface area (Å²) in [4.78, 5) is 0.